The van der Waals surface area contributed by atoms with E-state index in [1.54, 1.807) is 12.1 Å². The van der Waals surface area contributed by atoms with Gasteiger partial charge in [-0.2, -0.15) is 49.6 Å². The molecule has 0 unspecified atom stereocenters. The molecule has 0 heterocycles. The molecule has 0 aliphatic carbocycles. The molecule has 2 nitrogen and oxygen atoms in total. The molecule has 46 heavy (non-hydrogen) atoms. The average molecular weight is 676 g/mol. The van der Waals surface area contributed by atoms with Crippen LogP contribution >= 0.6 is 7.92 Å². The van der Waals surface area contributed by atoms with Gasteiger partial charge in [-0.05, 0) is 48.5 Å². The molecule has 0 spiro atoms. The maximum absolute atomic E-state index is 13.0. The number of aryl methyl sites for hydroxylation is 1. The third-order valence-electron chi connectivity index (χ3n) is 6.40. The second-order valence-electron chi connectivity index (χ2n) is 9.66. The molecule has 234 valence electrons. The van der Waals surface area contributed by atoms with Gasteiger partial charge in [-0.15, -0.1) is 0 Å². The van der Waals surface area contributed by atoms with E-state index in [4.69, 9.17) is 0 Å². The van der Waals surface area contributed by atoms with Gasteiger partial charge in [0.2, 0.25) is 0 Å². The molecule has 7 heteroatoms. The van der Waals surface area contributed by atoms with Gasteiger partial charge in [0.1, 0.15) is 0 Å². The van der Waals surface area contributed by atoms with Crippen molar-refractivity contribution in [2.24, 2.45) is 4.99 Å². The quantitative estimate of drug-likeness (QED) is 0.105. The molecule has 0 N–H and O–H groups in total. The second-order valence-corrected chi connectivity index (χ2v) is 11.9. The summed E-state index contributed by atoms with van der Waals surface area (Å²) in [5.74, 6) is -0.425. The number of nitrogens with zero attached hydrogens (tertiary/aromatic N) is 1. The minimum atomic E-state index is -4.51. The molecule has 0 fully saturated rings. The van der Waals surface area contributed by atoms with Gasteiger partial charge in [0, 0.05) is 0 Å². The van der Waals surface area contributed by atoms with E-state index < -0.39 is 25.4 Å². The molecule has 0 aromatic heterocycles. The van der Waals surface area contributed by atoms with Crippen LogP contribution in [0.25, 0.3) is 0 Å². The second kappa shape index (κ2) is 18.5. The fraction of sp³-hybridized carbons (Fsp3) is 0.0513. The van der Waals surface area contributed by atoms with Crippen LogP contribution in [-0.2, 0) is 22.7 Å². The van der Waals surface area contributed by atoms with Gasteiger partial charge in [-0.3, -0.25) is 0 Å². The molecule has 6 rings (SSSR count). The van der Waals surface area contributed by atoms with Crippen molar-refractivity contribution in [3.05, 3.63) is 192 Å². The first-order valence-electron chi connectivity index (χ1n) is 14.2. The van der Waals surface area contributed by atoms with E-state index in [1.807, 2.05) is 30.3 Å². The monoisotopic (exact) mass is 675 g/mol. The van der Waals surface area contributed by atoms with E-state index in [0.717, 1.165) is 6.07 Å². The fourth-order valence-corrected chi connectivity index (χ4v) is 6.60. The summed E-state index contributed by atoms with van der Waals surface area (Å²) in [5.41, 5.74) is -0.697. The van der Waals surface area contributed by atoms with Gasteiger partial charge in [0.25, 0.3) is 0 Å². The molecular weight excluding hydrogens is 645 g/mol. The molecule has 0 radical (unpaired) electrons. The normalized spacial score (nSPS) is 10.8. The van der Waals surface area contributed by atoms with Gasteiger partial charge in [-0.1, -0.05) is 133 Å². The van der Waals surface area contributed by atoms with Crippen molar-refractivity contribution >= 4 is 29.5 Å². The fourth-order valence-electron chi connectivity index (χ4n) is 4.29. The molecule has 6 aromatic carbocycles. The average Bonchev–Trinajstić information content (AvgIpc) is 3.28. The number of hydrogen-bond acceptors (Lipinski definition) is 2. The van der Waals surface area contributed by atoms with Gasteiger partial charge in [-0.25, -0.2) is 4.99 Å². The molecule has 0 saturated heterocycles. The summed E-state index contributed by atoms with van der Waals surface area (Å²) in [4.78, 5) is 3.91. The summed E-state index contributed by atoms with van der Waals surface area (Å²) < 4.78 is 38.9. The summed E-state index contributed by atoms with van der Waals surface area (Å²) in [6, 6.07) is 56.0. The first kappa shape index (κ1) is 36.0. The smallest absolute Gasteiger partial charge is 0.871 e. The molecule has 0 atom stereocenters. The first-order chi connectivity index (χ1) is 21.8. The third kappa shape index (κ3) is 10.8. The zero-order chi connectivity index (χ0) is 31.9. The Morgan fingerprint density at radius 2 is 1.00 bits per heavy atom. The van der Waals surface area contributed by atoms with Crippen molar-refractivity contribution in [3.8, 4) is 5.75 Å². The maximum Gasteiger partial charge on any atom is 2.00 e. The SMILES string of the molecule is Cc1cccc(C(F)(F)F)c1N=c1cccccc1[O-].[Ni+2].[c-]1ccccc1.c1ccc(P(c2ccccc2)c2ccccc2)cc1. The van der Waals surface area contributed by atoms with E-state index in [-0.39, 0.29) is 27.5 Å². The number of alkyl halides is 3. The van der Waals surface area contributed by atoms with E-state index >= 15 is 0 Å². The van der Waals surface area contributed by atoms with Gasteiger partial charge < -0.3 is 5.11 Å². The topological polar surface area (TPSA) is 35.4 Å². The molecule has 0 saturated carbocycles. The van der Waals surface area contributed by atoms with E-state index in [1.165, 1.54) is 53.2 Å². The van der Waals surface area contributed by atoms with E-state index in [9.17, 15) is 18.3 Å². The van der Waals surface area contributed by atoms with Crippen molar-refractivity contribution < 1.29 is 34.8 Å². The minimum absolute atomic E-state index is 0. The number of benzene rings is 5. The van der Waals surface area contributed by atoms with E-state index in [0.29, 0.717) is 5.56 Å². The van der Waals surface area contributed by atoms with Crippen molar-refractivity contribution in [1.29, 1.82) is 0 Å². The Hall–Kier alpha value is -4.50. The van der Waals surface area contributed by atoms with Crippen LogP contribution in [0.3, 0.4) is 0 Å². The molecule has 6 aromatic rings. The molecule has 0 amide bonds. The Morgan fingerprint density at radius 1 is 0.565 bits per heavy atom. The van der Waals surface area contributed by atoms with Crippen LogP contribution in [0, 0.1) is 13.0 Å². The number of para-hydroxylation sites is 1. The van der Waals surface area contributed by atoms with Gasteiger partial charge in [0.05, 0.1) is 16.6 Å². The summed E-state index contributed by atoms with van der Waals surface area (Å²) in [5, 5.41) is 15.9. The Labute approximate surface area is 279 Å². The van der Waals surface area contributed by atoms with Crippen LogP contribution in [0.2, 0.25) is 0 Å². The van der Waals surface area contributed by atoms with Crippen LogP contribution in [-0.4, -0.2) is 0 Å². The standard InChI is InChI=1S/C18H15P.C15H12F3NO.C6H5.Ni/c1-4-10-16(11-5-1)19(17-12-6-2-7-13-17)18-14-8-3-9-15-18;1-10-6-5-7-11(15(16,17)18)14(10)19-12-8-3-2-4-9-13(12)20;1-2-4-6-5-3-1;/h1-15H;2-9H,1H3,(H,19,20);1-5H;/q;;-1;+2/p-1. The number of rotatable bonds is 4. The van der Waals surface area contributed by atoms with Crippen molar-refractivity contribution in [2.45, 2.75) is 13.1 Å². The van der Waals surface area contributed by atoms with Crippen LogP contribution < -0.4 is 26.4 Å². The van der Waals surface area contributed by atoms with Crippen molar-refractivity contribution in [2.75, 3.05) is 0 Å². The zero-order valence-corrected chi connectivity index (χ0v) is 26.8. The Bertz CT molecular complexity index is 1680. The molecular formula is C39H31F3NNiOP. The Balaban J connectivity index is 0.000000208. The zero-order valence-electron chi connectivity index (χ0n) is 24.9. The summed E-state index contributed by atoms with van der Waals surface area (Å²) in [7, 11) is -0.446. The van der Waals surface area contributed by atoms with Gasteiger partial charge >= 0.3 is 22.7 Å². The summed E-state index contributed by atoms with van der Waals surface area (Å²) in [6.07, 6.45) is -4.51. The van der Waals surface area contributed by atoms with Crippen molar-refractivity contribution in [1.82, 2.24) is 0 Å². The van der Waals surface area contributed by atoms with E-state index in [2.05, 4.69) is 102 Å². The summed E-state index contributed by atoms with van der Waals surface area (Å²) in [6.45, 7) is 1.53. The van der Waals surface area contributed by atoms with Crippen molar-refractivity contribution in [3.63, 3.8) is 0 Å². The first-order valence-corrected chi connectivity index (χ1v) is 15.5. The van der Waals surface area contributed by atoms with Crippen LogP contribution in [0.5, 0.6) is 5.75 Å². The Morgan fingerprint density at radius 3 is 1.41 bits per heavy atom. The summed E-state index contributed by atoms with van der Waals surface area (Å²) >= 11 is 0. The molecule has 0 aliphatic heterocycles. The molecule has 0 bridgehead atoms. The maximum atomic E-state index is 13.0. The third-order valence-corrected chi connectivity index (χ3v) is 8.85. The van der Waals surface area contributed by atoms with Crippen LogP contribution in [0.1, 0.15) is 11.1 Å². The van der Waals surface area contributed by atoms with Crippen LogP contribution in [0.15, 0.2) is 175 Å². The van der Waals surface area contributed by atoms with Crippen LogP contribution in [0.4, 0.5) is 18.9 Å². The minimum Gasteiger partial charge on any atom is -0.871 e. The largest absolute Gasteiger partial charge is 2.00 e. The predicted octanol–water partition coefficient (Wildman–Crippen LogP) is 8.25. The predicted molar refractivity (Wildman–Crippen MR) is 178 cm³/mol. The Kier molecular flexibility index (Phi) is 14.4. The number of halogens is 3. The van der Waals surface area contributed by atoms with Gasteiger partial charge in [0.15, 0.2) is 0 Å². The number of hydrogen-bond donors (Lipinski definition) is 0. The molecule has 0 aliphatic rings.